The summed E-state index contributed by atoms with van der Waals surface area (Å²) >= 11 is 0. The van der Waals surface area contributed by atoms with Crippen LogP contribution >= 0.6 is 0 Å². The second-order valence-corrected chi connectivity index (χ2v) is 6.28. The molecule has 0 saturated heterocycles. The Morgan fingerprint density at radius 1 is 1.35 bits per heavy atom. The largest absolute Gasteiger partial charge is 0.373 e. The van der Waals surface area contributed by atoms with Gasteiger partial charge < -0.3 is 10.6 Å². The minimum absolute atomic E-state index is 0.0970. The maximum absolute atomic E-state index is 12.4. The molecule has 20 heavy (non-hydrogen) atoms. The number of rotatable bonds is 3. The Bertz CT molecular complexity index is 475. The van der Waals surface area contributed by atoms with Gasteiger partial charge in [0.15, 0.2) is 0 Å². The quantitative estimate of drug-likeness (QED) is 0.888. The van der Waals surface area contributed by atoms with E-state index in [2.05, 4.69) is 30.5 Å². The Morgan fingerprint density at radius 3 is 2.85 bits per heavy atom. The molecule has 1 aromatic carbocycles. The highest BCUT2D eigenvalue weighted by Gasteiger charge is 2.35. The van der Waals surface area contributed by atoms with Crippen molar-refractivity contribution in [1.29, 1.82) is 0 Å². The van der Waals surface area contributed by atoms with E-state index in [0.717, 1.165) is 24.4 Å². The fourth-order valence-corrected chi connectivity index (χ4v) is 3.77. The second kappa shape index (κ2) is 5.47. The molecular formula is C17H24N2O. The van der Waals surface area contributed by atoms with Gasteiger partial charge in [-0.2, -0.15) is 0 Å². The van der Waals surface area contributed by atoms with Gasteiger partial charge in [-0.3, -0.25) is 4.79 Å². The zero-order valence-electron chi connectivity index (χ0n) is 12.4. The van der Waals surface area contributed by atoms with Crippen molar-refractivity contribution in [3.63, 3.8) is 0 Å². The molecule has 1 aliphatic heterocycles. The zero-order valence-corrected chi connectivity index (χ0v) is 12.4. The van der Waals surface area contributed by atoms with Crippen molar-refractivity contribution >= 4 is 11.6 Å². The number of carbonyl (C=O) groups is 1. The van der Waals surface area contributed by atoms with Crippen LogP contribution in [0.3, 0.4) is 0 Å². The molecule has 3 rings (SSSR count). The fourth-order valence-electron chi connectivity index (χ4n) is 3.77. The number of nitrogens with one attached hydrogen (secondary N) is 2. The summed E-state index contributed by atoms with van der Waals surface area (Å²) in [5.74, 6) is 1.54. The fraction of sp³-hybridized carbons (Fsp3) is 0.588. The summed E-state index contributed by atoms with van der Waals surface area (Å²) < 4.78 is 0. The van der Waals surface area contributed by atoms with Gasteiger partial charge in [0.1, 0.15) is 6.04 Å². The Labute approximate surface area is 121 Å². The third-order valence-corrected chi connectivity index (χ3v) is 5.17. The van der Waals surface area contributed by atoms with Gasteiger partial charge in [-0.05, 0) is 36.3 Å². The van der Waals surface area contributed by atoms with Gasteiger partial charge in [-0.15, -0.1) is 0 Å². The Kier molecular flexibility index (Phi) is 3.68. The van der Waals surface area contributed by atoms with Gasteiger partial charge in [0.05, 0.1) is 0 Å². The third kappa shape index (κ3) is 2.41. The monoisotopic (exact) mass is 272 g/mol. The molecule has 1 aliphatic carbocycles. The molecule has 0 aromatic heterocycles. The summed E-state index contributed by atoms with van der Waals surface area (Å²) in [6.45, 7) is 4.53. The normalized spacial score (nSPS) is 31.7. The van der Waals surface area contributed by atoms with Crippen molar-refractivity contribution in [2.45, 2.75) is 51.6 Å². The van der Waals surface area contributed by atoms with Crippen LogP contribution in [0.2, 0.25) is 0 Å². The molecular weight excluding hydrogens is 248 g/mol. The highest BCUT2D eigenvalue weighted by Crippen LogP contribution is 2.34. The number of benzene rings is 1. The molecule has 1 aromatic rings. The lowest BCUT2D eigenvalue weighted by molar-refractivity contribution is -0.122. The number of amides is 1. The van der Waals surface area contributed by atoms with Crippen molar-refractivity contribution in [1.82, 2.24) is 5.32 Å². The molecule has 4 unspecified atom stereocenters. The average molecular weight is 272 g/mol. The van der Waals surface area contributed by atoms with Gasteiger partial charge in [0, 0.05) is 18.2 Å². The number of fused-ring (bicyclic) bond motifs is 1. The van der Waals surface area contributed by atoms with Crippen LogP contribution in [0, 0.1) is 11.8 Å². The highest BCUT2D eigenvalue weighted by molar-refractivity contribution is 5.87. The Hall–Kier alpha value is -1.51. The summed E-state index contributed by atoms with van der Waals surface area (Å²) in [7, 11) is 0. The summed E-state index contributed by atoms with van der Waals surface area (Å²) in [5, 5.41) is 6.60. The first-order valence-corrected chi connectivity index (χ1v) is 7.84. The van der Waals surface area contributed by atoms with Crippen LogP contribution in [0.5, 0.6) is 0 Å². The van der Waals surface area contributed by atoms with E-state index in [1.807, 2.05) is 18.2 Å². The van der Waals surface area contributed by atoms with Crippen LogP contribution in [-0.2, 0) is 11.2 Å². The molecule has 2 aliphatic rings. The molecule has 1 fully saturated rings. The molecule has 3 nitrogen and oxygen atoms in total. The number of hydrogen-bond donors (Lipinski definition) is 2. The van der Waals surface area contributed by atoms with Crippen LogP contribution in [0.1, 0.15) is 38.7 Å². The van der Waals surface area contributed by atoms with Gasteiger partial charge in [0.25, 0.3) is 0 Å². The predicted octanol–water partition coefficient (Wildman–Crippen LogP) is 2.96. The van der Waals surface area contributed by atoms with E-state index >= 15 is 0 Å². The van der Waals surface area contributed by atoms with Crippen LogP contribution in [0.4, 0.5) is 5.69 Å². The van der Waals surface area contributed by atoms with E-state index in [1.165, 1.54) is 18.4 Å². The number of anilines is 1. The van der Waals surface area contributed by atoms with Crippen LogP contribution in [0.15, 0.2) is 24.3 Å². The number of para-hydroxylation sites is 1. The van der Waals surface area contributed by atoms with E-state index in [-0.39, 0.29) is 11.9 Å². The van der Waals surface area contributed by atoms with Crippen molar-refractivity contribution in [2.24, 2.45) is 11.8 Å². The SMILES string of the molecule is CCC1CCC(NC(=O)C2Cc3ccccc3N2)C1C. The first-order valence-electron chi connectivity index (χ1n) is 7.84. The van der Waals surface area contributed by atoms with Gasteiger partial charge >= 0.3 is 0 Å². The van der Waals surface area contributed by atoms with Crippen molar-refractivity contribution in [3.8, 4) is 0 Å². The summed E-state index contributed by atoms with van der Waals surface area (Å²) in [5.41, 5.74) is 2.36. The maximum atomic E-state index is 12.4. The molecule has 0 radical (unpaired) electrons. The van der Waals surface area contributed by atoms with Gasteiger partial charge in [0.2, 0.25) is 5.91 Å². The lowest BCUT2D eigenvalue weighted by atomic mass is 9.93. The van der Waals surface area contributed by atoms with E-state index in [1.54, 1.807) is 0 Å². The van der Waals surface area contributed by atoms with Crippen LogP contribution < -0.4 is 10.6 Å². The lowest BCUT2D eigenvalue weighted by Gasteiger charge is -2.22. The first kappa shape index (κ1) is 13.5. The Morgan fingerprint density at radius 2 is 2.15 bits per heavy atom. The molecule has 1 heterocycles. The van der Waals surface area contributed by atoms with Crippen molar-refractivity contribution in [2.75, 3.05) is 5.32 Å². The van der Waals surface area contributed by atoms with E-state index < -0.39 is 0 Å². The molecule has 1 saturated carbocycles. The molecule has 3 heteroatoms. The van der Waals surface area contributed by atoms with Gasteiger partial charge in [-0.1, -0.05) is 38.5 Å². The second-order valence-electron chi connectivity index (χ2n) is 6.28. The minimum Gasteiger partial charge on any atom is -0.373 e. The van der Waals surface area contributed by atoms with E-state index in [0.29, 0.717) is 12.0 Å². The first-order chi connectivity index (χ1) is 9.69. The molecule has 108 valence electrons. The molecule has 0 spiro atoms. The van der Waals surface area contributed by atoms with E-state index in [9.17, 15) is 4.79 Å². The topological polar surface area (TPSA) is 41.1 Å². The minimum atomic E-state index is -0.0970. The van der Waals surface area contributed by atoms with Crippen molar-refractivity contribution < 1.29 is 4.79 Å². The maximum Gasteiger partial charge on any atom is 0.243 e. The summed E-state index contributed by atoms with van der Waals surface area (Å²) in [6, 6.07) is 8.45. The highest BCUT2D eigenvalue weighted by atomic mass is 16.2. The molecule has 2 N–H and O–H groups in total. The zero-order chi connectivity index (χ0) is 14.1. The average Bonchev–Trinajstić information content (AvgIpc) is 3.03. The van der Waals surface area contributed by atoms with Crippen LogP contribution in [-0.4, -0.2) is 18.0 Å². The predicted molar refractivity (Wildman–Crippen MR) is 81.7 cm³/mol. The lowest BCUT2D eigenvalue weighted by Crippen LogP contribution is -2.45. The number of hydrogen-bond acceptors (Lipinski definition) is 2. The summed E-state index contributed by atoms with van der Waals surface area (Å²) in [4.78, 5) is 12.4. The van der Waals surface area contributed by atoms with Gasteiger partial charge in [-0.25, -0.2) is 0 Å². The number of carbonyl (C=O) groups excluding carboxylic acids is 1. The molecule has 4 atom stereocenters. The van der Waals surface area contributed by atoms with Crippen LogP contribution in [0.25, 0.3) is 0 Å². The molecule has 1 amide bonds. The van der Waals surface area contributed by atoms with Crippen molar-refractivity contribution in [3.05, 3.63) is 29.8 Å². The Balaban J connectivity index is 1.59. The summed E-state index contributed by atoms with van der Waals surface area (Å²) in [6.07, 6.45) is 4.41. The smallest absolute Gasteiger partial charge is 0.243 e. The standard InChI is InChI=1S/C17H24N2O/c1-3-12-8-9-14(11(12)2)19-17(20)16-10-13-6-4-5-7-15(13)18-16/h4-7,11-12,14,16,18H,3,8-10H2,1-2H3,(H,19,20). The van der Waals surface area contributed by atoms with E-state index in [4.69, 9.17) is 0 Å². The third-order valence-electron chi connectivity index (χ3n) is 5.17. The molecule has 0 bridgehead atoms.